The molecule has 8 rings (SSSR count). The first-order chi connectivity index (χ1) is 28.9. The number of fused-ring (bicyclic) bond motifs is 2. The zero-order valence-corrected chi connectivity index (χ0v) is 31.7. The van der Waals surface area contributed by atoms with E-state index in [1.807, 2.05) is 12.1 Å². The van der Waals surface area contributed by atoms with Crippen LogP contribution in [0, 0.1) is 22.7 Å². The highest BCUT2D eigenvalue weighted by molar-refractivity contribution is 5.69. The third kappa shape index (κ3) is 6.38. The third-order valence-electron chi connectivity index (χ3n) is 10.7. The molecule has 0 spiro atoms. The number of ether oxygens (including phenoxy) is 6. The number of anilines is 2. The number of methoxy groups -OCH3 is 2. The molecule has 60 heavy (non-hydrogen) atoms. The molecule has 0 aliphatic carbocycles. The van der Waals surface area contributed by atoms with E-state index >= 15 is 0 Å². The SMILES string of the molecule is COc1ccc(OC(=O)Oc2ccc(OC)cc2C[C@H]2O[C@@](C#N)(c3ccc4c(N)ncnn34)[C@H](O)[C@@H]2O)c(C[C@H]2O[C@@](C#N)(c3ccc4c(N)ncnn34)[C@H](O)[C@@H]2O)c1. The van der Waals surface area contributed by atoms with Crippen molar-refractivity contribution in [3.05, 3.63) is 95.8 Å². The van der Waals surface area contributed by atoms with E-state index in [4.69, 9.17) is 39.9 Å². The Bertz CT molecular complexity index is 2530. The Morgan fingerprint density at radius 3 is 1.52 bits per heavy atom. The molecule has 0 amide bonds. The van der Waals surface area contributed by atoms with Crippen LogP contribution >= 0.6 is 0 Å². The predicted molar refractivity (Wildman–Crippen MR) is 203 cm³/mol. The first-order valence-corrected chi connectivity index (χ1v) is 18.2. The van der Waals surface area contributed by atoms with Gasteiger partial charge in [-0.3, -0.25) is 0 Å². The van der Waals surface area contributed by atoms with Gasteiger partial charge in [-0.15, -0.1) is 0 Å². The van der Waals surface area contributed by atoms with Crippen LogP contribution in [0.25, 0.3) is 11.0 Å². The molecular formula is C39H36N10O11. The lowest BCUT2D eigenvalue weighted by atomic mass is 9.91. The summed E-state index contributed by atoms with van der Waals surface area (Å²) in [6.45, 7) is 0. The molecule has 6 heterocycles. The van der Waals surface area contributed by atoms with E-state index in [1.54, 1.807) is 12.1 Å². The number of rotatable bonds is 10. The lowest BCUT2D eigenvalue weighted by Crippen LogP contribution is -2.40. The molecule has 8 N–H and O–H groups in total. The summed E-state index contributed by atoms with van der Waals surface area (Å²) in [5, 5.41) is 74.1. The van der Waals surface area contributed by atoms with Gasteiger partial charge in [-0.25, -0.2) is 23.8 Å². The van der Waals surface area contributed by atoms with Crippen LogP contribution in [0.1, 0.15) is 22.5 Å². The maximum absolute atomic E-state index is 13.5. The van der Waals surface area contributed by atoms with Crippen molar-refractivity contribution in [2.24, 2.45) is 0 Å². The number of nitriles is 2. The first-order valence-electron chi connectivity index (χ1n) is 18.2. The highest BCUT2D eigenvalue weighted by Crippen LogP contribution is 2.44. The van der Waals surface area contributed by atoms with Gasteiger partial charge in [0.05, 0.1) is 37.8 Å². The Morgan fingerprint density at radius 1 is 0.717 bits per heavy atom. The highest BCUT2D eigenvalue weighted by Gasteiger charge is 2.59. The van der Waals surface area contributed by atoms with Gasteiger partial charge in [0.2, 0.25) is 11.2 Å². The van der Waals surface area contributed by atoms with Crippen molar-refractivity contribution in [1.29, 1.82) is 10.5 Å². The number of carbonyl (C=O) groups excluding carboxylic acids is 1. The van der Waals surface area contributed by atoms with Crippen molar-refractivity contribution < 1.29 is 53.6 Å². The summed E-state index contributed by atoms with van der Waals surface area (Å²) in [5.74, 6) is 0.863. The topological polar surface area (TPSA) is 313 Å². The van der Waals surface area contributed by atoms with Crippen molar-refractivity contribution in [3.8, 4) is 35.1 Å². The van der Waals surface area contributed by atoms with Crippen molar-refractivity contribution in [1.82, 2.24) is 29.2 Å². The third-order valence-corrected chi connectivity index (χ3v) is 10.7. The van der Waals surface area contributed by atoms with E-state index in [-0.39, 0.29) is 58.5 Å². The van der Waals surface area contributed by atoms with Gasteiger partial charge in [-0.05, 0) is 60.7 Å². The Morgan fingerprint density at radius 2 is 1.13 bits per heavy atom. The summed E-state index contributed by atoms with van der Waals surface area (Å²) < 4.78 is 37.0. The number of aliphatic hydroxyl groups is 4. The molecule has 4 aromatic heterocycles. The summed E-state index contributed by atoms with van der Waals surface area (Å²) in [6, 6.07) is 19.0. The fourth-order valence-corrected chi connectivity index (χ4v) is 7.68. The lowest BCUT2D eigenvalue weighted by molar-refractivity contribution is -0.0501. The van der Waals surface area contributed by atoms with E-state index in [0.29, 0.717) is 22.5 Å². The van der Waals surface area contributed by atoms with Gasteiger partial charge in [0, 0.05) is 24.0 Å². The fraction of sp³-hybridized carbons (Fsp3) is 0.308. The number of nitrogens with two attached hydrogens (primary N) is 2. The molecule has 2 saturated heterocycles. The van der Waals surface area contributed by atoms with Crippen LogP contribution in [0.2, 0.25) is 0 Å². The standard InChI is InChI=1S/C39H36N10O11/c1-55-21-3-7-25(19(11-21)13-27-31(50)33(52)38(15-40,59-27)29-9-5-23-35(42)44-17-46-48(23)29)57-37(54)58-26-8-4-22(56-2)12-20(26)14-28-32(51)34(53)39(16-41,60-28)30-10-6-24-36(43)45-18-47-49(24)30/h3-12,17-18,27-28,31-34,50-53H,13-14H2,1-2H3,(H2,42,44,46)(H2,43,45,47)/t27-,28-,31-,32-,33-,34-,38+,39+/m1/s1. The summed E-state index contributed by atoms with van der Waals surface area (Å²) in [5.41, 5.74) is 9.23. The van der Waals surface area contributed by atoms with Crippen LogP contribution in [0.3, 0.4) is 0 Å². The highest BCUT2D eigenvalue weighted by atomic mass is 16.7. The van der Waals surface area contributed by atoms with E-state index in [1.165, 1.54) is 84.4 Å². The first kappa shape index (κ1) is 39.7. The lowest BCUT2D eigenvalue weighted by Gasteiger charge is -2.24. The zero-order valence-electron chi connectivity index (χ0n) is 31.7. The second-order valence-corrected chi connectivity index (χ2v) is 14.0. The average molecular weight is 821 g/mol. The number of nitrogen functional groups attached to an aromatic ring is 2. The van der Waals surface area contributed by atoms with Crippen LogP contribution in [0.5, 0.6) is 23.0 Å². The van der Waals surface area contributed by atoms with Gasteiger partial charge < -0.3 is 60.3 Å². The summed E-state index contributed by atoms with van der Waals surface area (Å²) >= 11 is 0. The van der Waals surface area contributed by atoms with Crippen LogP contribution in [-0.4, -0.2) is 107 Å². The minimum Gasteiger partial charge on any atom is -0.497 e. The van der Waals surface area contributed by atoms with Crippen LogP contribution in [0.4, 0.5) is 16.4 Å². The maximum atomic E-state index is 13.5. The van der Waals surface area contributed by atoms with Gasteiger partial charge >= 0.3 is 6.16 Å². The van der Waals surface area contributed by atoms with E-state index < -0.39 is 54.0 Å². The van der Waals surface area contributed by atoms with E-state index in [0.717, 1.165) is 0 Å². The second kappa shape index (κ2) is 15.2. The Labute approximate surface area is 339 Å². The number of nitrogens with zero attached hydrogens (tertiary/aromatic N) is 8. The Balaban J connectivity index is 1.03. The van der Waals surface area contributed by atoms with Gasteiger partial charge in [0.1, 0.15) is 83.2 Å². The maximum Gasteiger partial charge on any atom is 0.519 e. The molecule has 2 aliphatic rings. The molecule has 0 bridgehead atoms. The fourth-order valence-electron chi connectivity index (χ4n) is 7.68. The molecular weight excluding hydrogens is 784 g/mol. The van der Waals surface area contributed by atoms with Crippen LogP contribution < -0.4 is 30.4 Å². The van der Waals surface area contributed by atoms with Crippen molar-refractivity contribution >= 4 is 28.8 Å². The molecule has 0 unspecified atom stereocenters. The summed E-state index contributed by atoms with van der Waals surface area (Å²) in [7, 11) is 2.84. The van der Waals surface area contributed by atoms with Crippen molar-refractivity contribution in [2.45, 2.75) is 60.7 Å². The summed E-state index contributed by atoms with van der Waals surface area (Å²) in [6.07, 6.45) is -8.35. The second-order valence-electron chi connectivity index (χ2n) is 14.0. The van der Waals surface area contributed by atoms with E-state index in [9.17, 15) is 35.7 Å². The molecule has 0 saturated carbocycles. The monoisotopic (exact) mass is 820 g/mol. The number of hydrogen-bond acceptors (Lipinski definition) is 19. The van der Waals surface area contributed by atoms with Crippen LogP contribution in [-0.2, 0) is 33.5 Å². The number of aromatic nitrogens is 6. The molecule has 2 fully saturated rings. The minimum absolute atomic E-state index is 0.0374. The normalized spacial score (nSPS) is 26.1. The minimum atomic E-state index is -2.08. The zero-order chi connectivity index (χ0) is 42.5. The van der Waals surface area contributed by atoms with E-state index in [2.05, 4.69) is 20.2 Å². The summed E-state index contributed by atoms with van der Waals surface area (Å²) in [4.78, 5) is 21.4. The number of aliphatic hydroxyl groups excluding tert-OH is 4. The van der Waals surface area contributed by atoms with Crippen molar-refractivity contribution in [3.63, 3.8) is 0 Å². The molecule has 6 aromatic rings. The average Bonchev–Trinajstić information content (AvgIpc) is 4.01. The molecule has 308 valence electrons. The number of benzene rings is 2. The van der Waals surface area contributed by atoms with Crippen molar-refractivity contribution in [2.75, 3.05) is 25.7 Å². The molecule has 21 nitrogen and oxygen atoms in total. The van der Waals surface area contributed by atoms with Gasteiger partial charge in [-0.1, -0.05) is 0 Å². The molecule has 8 atom stereocenters. The Kier molecular flexibility index (Phi) is 10.1. The van der Waals surface area contributed by atoms with Crippen LogP contribution in [0.15, 0.2) is 73.3 Å². The largest absolute Gasteiger partial charge is 0.519 e. The van der Waals surface area contributed by atoms with Gasteiger partial charge in [0.15, 0.2) is 11.6 Å². The smallest absolute Gasteiger partial charge is 0.497 e. The predicted octanol–water partition coefficient (Wildman–Crippen LogP) is 0.696. The number of carbonyl (C=O) groups is 1. The molecule has 0 radical (unpaired) electrons. The number of hydrogen-bond donors (Lipinski definition) is 6. The van der Waals surface area contributed by atoms with Gasteiger partial charge in [0.25, 0.3) is 0 Å². The molecule has 2 aliphatic heterocycles. The Hall–Kier alpha value is -7.11. The van der Waals surface area contributed by atoms with Gasteiger partial charge in [-0.2, -0.15) is 20.7 Å². The quantitative estimate of drug-likeness (QED) is 0.0818. The molecule has 2 aromatic carbocycles. The molecule has 21 heteroatoms.